The van der Waals surface area contributed by atoms with Crippen molar-refractivity contribution in [1.82, 2.24) is 10.6 Å². The van der Waals surface area contributed by atoms with Crippen molar-refractivity contribution in [1.29, 1.82) is 0 Å². The van der Waals surface area contributed by atoms with E-state index in [1.165, 1.54) is 5.56 Å². The number of carbonyl (C=O) groups excluding carboxylic acids is 2. The Bertz CT molecular complexity index is 787. The molecule has 1 aliphatic heterocycles. The van der Waals surface area contributed by atoms with E-state index in [9.17, 15) is 9.59 Å². The Morgan fingerprint density at radius 3 is 2.52 bits per heavy atom. The summed E-state index contributed by atoms with van der Waals surface area (Å²) >= 11 is 0. The van der Waals surface area contributed by atoms with E-state index in [-0.39, 0.29) is 18.0 Å². The normalized spacial score (nSPS) is 16.3. The number of hydrogen-bond donors (Lipinski definition) is 2. The SMILES string of the molecule is CCOc1ccc(N2CC(NC(=O)NCc3ccc(C)cc3)CC2=O)cc1. The predicted molar refractivity (Wildman–Crippen MR) is 105 cm³/mol. The third-order valence-electron chi connectivity index (χ3n) is 4.49. The Labute approximate surface area is 159 Å². The first-order valence-corrected chi connectivity index (χ1v) is 9.18. The summed E-state index contributed by atoms with van der Waals surface area (Å²) in [4.78, 5) is 26.1. The van der Waals surface area contributed by atoms with Crippen LogP contribution in [0.5, 0.6) is 5.75 Å². The molecule has 6 nitrogen and oxygen atoms in total. The molecular weight excluding hydrogens is 342 g/mol. The second-order valence-corrected chi connectivity index (χ2v) is 6.64. The molecule has 2 aromatic carbocycles. The Kier molecular flexibility index (Phi) is 5.96. The number of rotatable bonds is 6. The van der Waals surface area contributed by atoms with E-state index in [4.69, 9.17) is 4.74 Å². The van der Waals surface area contributed by atoms with E-state index in [0.29, 0.717) is 26.1 Å². The summed E-state index contributed by atoms with van der Waals surface area (Å²) in [6.07, 6.45) is 0.297. The molecule has 6 heteroatoms. The average Bonchev–Trinajstić information content (AvgIpc) is 3.02. The molecule has 0 aliphatic carbocycles. The maximum Gasteiger partial charge on any atom is 0.315 e. The first-order valence-electron chi connectivity index (χ1n) is 9.18. The molecule has 0 radical (unpaired) electrons. The molecule has 27 heavy (non-hydrogen) atoms. The number of urea groups is 1. The maximum absolute atomic E-state index is 12.3. The minimum atomic E-state index is -0.262. The van der Waals surface area contributed by atoms with Crippen molar-refractivity contribution in [2.45, 2.75) is 32.9 Å². The summed E-state index contributed by atoms with van der Waals surface area (Å²) in [7, 11) is 0. The molecule has 1 saturated heterocycles. The fourth-order valence-electron chi connectivity index (χ4n) is 3.07. The fourth-order valence-corrected chi connectivity index (χ4v) is 3.07. The molecule has 3 rings (SSSR count). The van der Waals surface area contributed by atoms with E-state index < -0.39 is 0 Å². The average molecular weight is 367 g/mol. The Balaban J connectivity index is 1.50. The van der Waals surface area contributed by atoms with Crippen LogP contribution in [0.4, 0.5) is 10.5 Å². The van der Waals surface area contributed by atoms with E-state index in [0.717, 1.165) is 17.0 Å². The summed E-state index contributed by atoms with van der Waals surface area (Å²) in [5, 5.41) is 5.72. The van der Waals surface area contributed by atoms with Crippen LogP contribution in [0.3, 0.4) is 0 Å². The molecule has 2 aromatic rings. The van der Waals surface area contributed by atoms with Gasteiger partial charge in [-0.2, -0.15) is 0 Å². The van der Waals surface area contributed by atoms with Crippen molar-refractivity contribution in [3.05, 3.63) is 59.7 Å². The summed E-state index contributed by atoms with van der Waals surface area (Å²) in [6.45, 7) is 5.47. The van der Waals surface area contributed by atoms with E-state index in [2.05, 4.69) is 10.6 Å². The van der Waals surface area contributed by atoms with Gasteiger partial charge in [-0.1, -0.05) is 29.8 Å². The molecular formula is C21H25N3O3. The van der Waals surface area contributed by atoms with Gasteiger partial charge in [0.15, 0.2) is 0 Å². The highest BCUT2D eigenvalue weighted by Crippen LogP contribution is 2.24. The van der Waals surface area contributed by atoms with Crippen molar-refractivity contribution in [3.63, 3.8) is 0 Å². The molecule has 0 aromatic heterocycles. The fraction of sp³-hybridized carbons (Fsp3) is 0.333. The molecule has 2 N–H and O–H groups in total. The highest BCUT2D eigenvalue weighted by Gasteiger charge is 2.31. The topological polar surface area (TPSA) is 70.7 Å². The first-order chi connectivity index (χ1) is 13.0. The highest BCUT2D eigenvalue weighted by molar-refractivity contribution is 5.96. The van der Waals surface area contributed by atoms with Gasteiger partial charge in [0.1, 0.15) is 5.75 Å². The highest BCUT2D eigenvalue weighted by atomic mass is 16.5. The smallest absolute Gasteiger partial charge is 0.315 e. The van der Waals surface area contributed by atoms with Crippen LogP contribution in [0.15, 0.2) is 48.5 Å². The summed E-state index contributed by atoms with van der Waals surface area (Å²) in [5.74, 6) is 0.779. The summed E-state index contributed by atoms with van der Waals surface area (Å²) < 4.78 is 5.43. The van der Waals surface area contributed by atoms with Crippen LogP contribution < -0.4 is 20.3 Å². The van der Waals surface area contributed by atoms with Gasteiger partial charge in [-0.3, -0.25) is 4.79 Å². The number of aryl methyl sites for hydroxylation is 1. The van der Waals surface area contributed by atoms with Crippen molar-refractivity contribution in [3.8, 4) is 5.75 Å². The second kappa shape index (κ2) is 8.58. The van der Waals surface area contributed by atoms with Gasteiger partial charge >= 0.3 is 6.03 Å². The van der Waals surface area contributed by atoms with Gasteiger partial charge in [-0.15, -0.1) is 0 Å². The predicted octanol–water partition coefficient (Wildman–Crippen LogP) is 3.00. The number of carbonyl (C=O) groups is 2. The minimum Gasteiger partial charge on any atom is -0.494 e. The van der Waals surface area contributed by atoms with Gasteiger partial charge in [-0.05, 0) is 43.7 Å². The van der Waals surface area contributed by atoms with Crippen LogP contribution in [0.1, 0.15) is 24.5 Å². The van der Waals surface area contributed by atoms with Gasteiger partial charge in [0.05, 0.1) is 12.6 Å². The number of nitrogens with one attached hydrogen (secondary N) is 2. The lowest BCUT2D eigenvalue weighted by Crippen LogP contribution is -2.43. The second-order valence-electron chi connectivity index (χ2n) is 6.64. The molecule has 0 bridgehead atoms. The number of amides is 3. The van der Waals surface area contributed by atoms with Crippen LogP contribution in [0.2, 0.25) is 0 Å². The largest absolute Gasteiger partial charge is 0.494 e. The van der Waals surface area contributed by atoms with Crippen molar-refractivity contribution in [2.75, 3.05) is 18.1 Å². The molecule has 3 amide bonds. The van der Waals surface area contributed by atoms with Crippen molar-refractivity contribution in [2.24, 2.45) is 0 Å². The number of nitrogens with zero attached hydrogens (tertiary/aromatic N) is 1. The minimum absolute atomic E-state index is 0.00277. The Morgan fingerprint density at radius 1 is 1.15 bits per heavy atom. The number of ether oxygens (including phenoxy) is 1. The molecule has 0 spiro atoms. The third kappa shape index (κ3) is 5.00. The van der Waals surface area contributed by atoms with Crippen molar-refractivity contribution < 1.29 is 14.3 Å². The first kappa shape index (κ1) is 18.8. The van der Waals surface area contributed by atoms with Crippen LogP contribution in [-0.4, -0.2) is 31.1 Å². The standard InChI is InChI=1S/C21H25N3O3/c1-3-27-19-10-8-18(9-11-19)24-14-17(12-20(24)25)23-21(26)22-13-16-6-4-15(2)5-7-16/h4-11,17H,3,12-14H2,1-2H3,(H2,22,23,26). The molecule has 142 valence electrons. The van der Waals surface area contributed by atoms with Gasteiger partial charge in [-0.25, -0.2) is 4.79 Å². The van der Waals surface area contributed by atoms with E-state index in [1.54, 1.807) is 4.90 Å². The molecule has 1 aliphatic rings. The van der Waals surface area contributed by atoms with Gasteiger partial charge < -0.3 is 20.3 Å². The number of benzene rings is 2. The van der Waals surface area contributed by atoms with Crippen molar-refractivity contribution >= 4 is 17.6 Å². The maximum atomic E-state index is 12.3. The van der Waals surface area contributed by atoms with Crippen LogP contribution in [-0.2, 0) is 11.3 Å². The lowest BCUT2D eigenvalue weighted by molar-refractivity contribution is -0.117. The number of anilines is 1. The van der Waals surface area contributed by atoms with Crippen LogP contribution in [0, 0.1) is 6.92 Å². The lowest BCUT2D eigenvalue weighted by Gasteiger charge is -2.18. The lowest BCUT2D eigenvalue weighted by atomic mass is 10.1. The Hall–Kier alpha value is -3.02. The zero-order chi connectivity index (χ0) is 19.2. The zero-order valence-electron chi connectivity index (χ0n) is 15.7. The van der Waals surface area contributed by atoms with Gasteiger partial charge in [0.25, 0.3) is 0 Å². The molecule has 1 heterocycles. The van der Waals surface area contributed by atoms with Crippen LogP contribution in [0.25, 0.3) is 0 Å². The number of hydrogen-bond acceptors (Lipinski definition) is 3. The van der Waals surface area contributed by atoms with Gasteiger partial charge in [0, 0.05) is 25.2 Å². The molecule has 1 atom stereocenters. The third-order valence-corrected chi connectivity index (χ3v) is 4.49. The zero-order valence-corrected chi connectivity index (χ0v) is 15.7. The van der Waals surface area contributed by atoms with E-state index in [1.807, 2.05) is 62.4 Å². The Morgan fingerprint density at radius 2 is 1.85 bits per heavy atom. The summed E-state index contributed by atoms with van der Waals surface area (Å²) in [6, 6.07) is 15.0. The van der Waals surface area contributed by atoms with Crippen LogP contribution >= 0.6 is 0 Å². The summed E-state index contributed by atoms with van der Waals surface area (Å²) in [5.41, 5.74) is 3.03. The monoisotopic (exact) mass is 367 g/mol. The molecule has 0 saturated carbocycles. The van der Waals surface area contributed by atoms with E-state index >= 15 is 0 Å². The van der Waals surface area contributed by atoms with Gasteiger partial charge in [0.2, 0.25) is 5.91 Å². The molecule has 1 fully saturated rings. The quantitative estimate of drug-likeness (QED) is 0.825. The molecule has 1 unspecified atom stereocenters.